The van der Waals surface area contributed by atoms with Crippen molar-refractivity contribution in [1.82, 2.24) is 0 Å². The third kappa shape index (κ3) is 4.32. The van der Waals surface area contributed by atoms with E-state index < -0.39 is 5.91 Å². The van der Waals surface area contributed by atoms with Crippen LogP contribution in [0.5, 0.6) is 11.5 Å². The lowest BCUT2D eigenvalue weighted by Gasteiger charge is -2.16. The first kappa shape index (κ1) is 22.1. The summed E-state index contributed by atoms with van der Waals surface area (Å²) in [6.45, 7) is 6.43. The van der Waals surface area contributed by atoms with Gasteiger partial charge < -0.3 is 14.8 Å². The molecule has 6 nitrogen and oxygen atoms in total. The lowest BCUT2D eigenvalue weighted by atomic mass is 9.97. The van der Waals surface area contributed by atoms with Crippen LogP contribution in [0.3, 0.4) is 0 Å². The van der Waals surface area contributed by atoms with Crippen LogP contribution < -0.4 is 19.7 Å². The highest BCUT2D eigenvalue weighted by Crippen LogP contribution is 2.36. The van der Waals surface area contributed by atoms with E-state index in [-0.39, 0.29) is 11.6 Å². The van der Waals surface area contributed by atoms with E-state index in [1.165, 1.54) is 4.90 Å². The highest BCUT2D eigenvalue weighted by atomic mass is 16.5. The van der Waals surface area contributed by atoms with Crippen molar-refractivity contribution in [2.45, 2.75) is 20.8 Å². The zero-order valence-electron chi connectivity index (χ0n) is 19.1. The first-order chi connectivity index (χ1) is 15.9. The minimum atomic E-state index is -0.408. The predicted octanol–water partition coefficient (Wildman–Crippen LogP) is 5.11. The lowest BCUT2D eigenvalue weighted by molar-refractivity contribution is -0.120. The van der Waals surface area contributed by atoms with Gasteiger partial charge in [-0.25, -0.2) is 4.90 Å². The van der Waals surface area contributed by atoms with Crippen LogP contribution in [0.25, 0.3) is 5.57 Å². The van der Waals surface area contributed by atoms with Crippen molar-refractivity contribution in [3.63, 3.8) is 0 Å². The molecule has 168 valence electrons. The molecule has 0 fully saturated rings. The number of hydrogen-bond acceptors (Lipinski definition) is 5. The Morgan fingerprint density at radius 2 is 1.52 bits per heavy atom. The van der Waals surface area contributed by atoms with Crippen molar-refractivity contribution in [2.75, 3.05) is 23.9 Å². The Balaban J connectivity index is 1.78. The van der Waals surface area contributed by atoms with Gasteiger partial charge in [0.2, 0.25) is 0 Å². The number of anilines is 2. The minimum absolute atomic E-state index is 0.243. The molecular formula is C27H26N2O4. The molecule has 0 radical (unpaired) electrons. The SMILES string of the molecule is CCOc1ccc(NC2=C(c3ccc(C)cc3C)C(=O)N(c3ccc(OC)cc3)C2=O)cc1. The van der Waals surface area contributed by atoms with Crippen molar-refractivity contribution in [3.05, 3.63) is 89.1 Å². The van der Waals surface area contributed by atoms with Gasteiger partial charge in [-0.1, -0.05) is 23.8 Å². The number of benzene rings is 3. The molecule has 0 aliphatic carbocycles. The second-order valence-electron chi connectivity index (χ2n) is 7.79. The quantitative estimate of drug-likeness (QED) is 0.515. The van der Waals surface area contributed by atoms with Crippen LogP contribution >= 0.6 is 0 Å². The zero-order valence-corrected chi connectivity index (χ0v) is 19.1. The minimum Gasteiger partial charge on any atom is -0.497 e. The molecular weight excluding hydrogens is 416 g/mol. The highest BCUT2D eigenvalue weighted by Gasteiger charge is 2.40. The van der Waals surface area contributed by atoms with Crippen LogP contribution in [0, 0.1) is 13.8 Å². The normalized spacial score (nSPS) is 13.5. The molecule has 0 saturated carbocycles. The number of nitrogens with one attached hydrogen (secondary N) is 1. The molecule has 2 amide bonds. The molecule has 6 heteroatoms. The summed E-state index contributed by atoms with van der Waals surface area (Å²) in [7, 11) is 1.57. The van der Waals surface area contributed by atoms with Crippen molar-refractivity contribution in [1.29, 1.82) is 0 Å². The summed E-state index contributed by atoms with van der Waals surface area (Å²) >= 11 is 0. The Bertz CT molecular complexity index is 1230. The van der Waals surface area contributed by atoms with E-state index in [2.05, 4.69) is 5.32 Å². The second kappa shape index (κ2) is 9.20. The summed E-state index contributed by atoms with van der Waals surface area (Å²) in [5, 5.41) is 3.19. The molecule has 3 aromatic rings. The van der Waals surface area contributed by atoms with Crippen molar-refractivity contribution in [2.24, 2.45) is 0 Å². The van der Waals surface area contributed by atoms with Crippen LogP contribution in [0.1, 0.15) is 23.6 Å². The Hall–Kier alpha value is -4.06. The van der Waals surface area contributed by atoms with Crippen LogP contribution in [0.15, 0.2) is 72.4 Å². The number of ether oxygens (including phenoxy) is 2. The highest BCUT2D eigenvalue weighted by molar-refractivity contribution is 6.46. The molecule has 3 aromatic carbocycles. The van der Waals surface area contributed by atoms with E-state index in [0.29, 0.717) is 29.3 Å². The summed E-state index contributed by atoms with van der Waals surface area (Å²) in [6.07, 6.45) is 0. The predicted molar refractivity (Wildman–Crippen MR) is 130 cm³/mol. The summed E-state index contributed by atoms with van der Waals surface area (Å²) in [5.74, 6) is 0.605. The maximum Gasteiger partial charge on any atom is 0.282 e. The molecule has 1 aliphatic rings. The zero-order chi connectivity index (χ0) is 23.5. The summed E-state index contributed by atoms with van der Waals surface area (Å²) in [4.78, 5) is 28.3. The Kier molecular flexibility index (Phi) is 6.18. The molecule has 0 spiro atoms. The molecule has 1 N–H and O–H groups in total. The number of carbonyl (C=O) groups excluding carboxylic acids is 2. The lowest BCUT2D eigenvalue weighted by Crippen LogP contribution is -2.32. The topological polar surface area (TPSA) is 67.9 Å². The first-order valence-corrected chi connectivity index (χ1v) is 10.8. The van der Waals surface area contributed by atoms with Crippen LogP contribution in [0.4, 0.5) is 11.4 Å². The average molecular weight is 443 g/mol. The van der Waals surface area contributed by atoms with E-state index >= 15 is 0 Å². The third-order valence-corrected chi connectivity index (χ3v) is 5.50. The summed E-state index contributed by atoms with van der Waals surface area (Å²) in [5.41, 5.74) is 4.50. The number of hydrogen-bond donors (Lipinski definition) is 1. The van der Waals surface area contributed by atoms with Gasteiger partial charge in [0.1, 0.15) is 17.2 Å². The van der Waals surface area contributed by atoms with Crippen molar-refractivity contribution >= 4 is 28.8 Å². The largest absolute Gasteiger partial charge is 0.497 e. The van der Waals surface area contributed by atoms with E-state index in [1.807, 2.05) is 63.2 Å². The van der Waals surface area contributed by atoms with E-state index in [0.717, 1.165) is 22.4 Å². The number of amides is 2. The number of carbonyl (C=O) groups is 2. The smallest absolute Gasteiger partial charge is 0.282 e. The van der Waals surface area contributed by atoms with Crippen LogP contribution in [0.2, 0.25) is 0 Å². The Morgan fingerprint density at radius 1 is 0.848 bits per heavy atom. The molecule has 1 heterocycles. The standard InChI is InChI=1S/C27H26N2O4/c1-5-33-22-11-7-19(8-12-22)28-25-24(23-15-6-17(2)16-18(23)3)26(30)29(27(25)31)20-9-13-21(32-4)14-10-20/h6-16,28H,5H2,1-4H3. The van der Waals surface area contributed by atoms with Crippen molar-refractivity contribution < 1.29 is 19.1 Å². The fourth-order valence-electron chi connectivity index (χ4n) is 3.90. The van der Waals surface area contributed by atoms with E-state index in [1.54, 1.807) is 31.4 Å². The van der Waals surface area contributed by atoms with Gasteiger partial charge in [0.25, 0.3) is 11.8 Å². The van der Waals surface area contributed by atoms with Gasteiger partial charge in [-0.05, 0) is 80.4 Å². The molecule has 0 atom stereocenters. The van der Waals surface area contributed by atoms with Gasteiger partial charge in [-0.3, -0.25) is 9.59 Å². The van der Waals surface area contributed by atoms with E-state index in [4.69, 9.17) is 9.47 Å². The molecule has 1 aliphatic heterocycles. The van der Waals surface area contributed by atoms with Gasteiger partial charge in [-0.15, -0.1) is 0 Å². The maximum atomic E-state index is 13.6. The van der Waals surface area contributed by atoms with Gasteiger partial charge in [0, 0.05) is 5.69 Å². The van der Waals surface area contributed by atoms with Gasteiger partial charge in [0.15, 0.2) is 0 Å². The molecule has 4 rings (SSSR count). The fraction of sp³-hybridized carbons (Fsp3) is 0.185. The monoisotopic (exact) mass is 442 g/mol. The summed E-state index contributed by atoms with van der Waals surface area (Å²) < 4.78 is 10.7. The van der Waals surface area contributed by atoms with E-state index in [9.17, 15) is 9.59 Å². The molecule has 0 aromatic heterocycles. The molecule has 33 heavy (non-hydrogen) atoms. The Labute approximate surface area is 193 Å². The van der Waals surface area contributed by atoms with Crippen LogP contribution in [-0.4, -0.2) is 25.5 Å². The number of aryl methyl sites for hydroxylation is 2. The number of nitrogens with zero attached hydrogens (tertiary/aromatic N) is 1. The maximum absolute atomic E-state index is 13.6. The first-order valence-electron chi connectivity index (χ1n) is 10.8. The molecule has 0 bridgehead atoms. The number of methoxy groups -OCH3 is 1. The molecule has 0 unspecified atom stereocenters. The average Bonchev–Trinajstić information content (AvgIpc) is 3.05. The molecule has 0 saturated heterocycles. The van der Waals surface area contributed by atoms with Crippen molar-refractivity contribution in [3.8, 4) is 11.5 Å². The van der Waals surface area contributed by atoms with Gasteiger partial charge >= 0.3 is 0 Å². The van der Waals surface area contributed by atoms with Gasteiger partial charge in [-0.2, -0.15) is 0 Å². The second-order valence-corrected chi connectivity index (χ2v) is 7.79. The summed E-state index contributed by atoms with van der Waals surface area (Å²) in [6, 6.07) is 20.0. The Morgan fingerprint density at radius 3 is 2.12 bits per heavy atom. The van der Waals surface area contributed by atoms with Gasteiger partial charge in [0.05, 0.1) is 25.0 Å². The number of imide groups is 1. The third-order valence-electron chi connectivity index (χ3n) is 5.50. The fourth-order valence-corrected chi connectivity index (χ4v) is 3.90. The van der Waals surface area contributed by atoms with Crippen LogP contribution in [-0.2, 0) is 9.59 Å². The number of rotatable bonds is 7.